The number of methoxy groups -OCH3 is 1. The molecule has 0 N–H and O–H groups in total. The van der Waals surface area contributed by atoms with Crippen LogP contribution in [0.4, 0.5) is 0 Å². The molecule has 0 radical (unpaired) electrons. The third kappa shape index (κ3) is 4.09. The zero-order valence-electron chi connectivity index (χ0n) is 16.4. The smallest absolute Gasteiger partial charge is 0.196 e. The van der Waals surface area contributed by atoms with E-state index in [0.29, 0.717) is 11.6 Å². The summed E-state index contributed by atoms with van der Waals surface area (Å²) in [6.07, 6.45) is 3.44. The Morgan fingerprint density at radius 1 is 1.00 bits per heavy atom. The van der Waals surface area contributed by atoms with Gasteiger partial charge in [0, 0.05) is 23.5 Å². The molecule has 0 aliphatic rings. The lowest BCUT2D eigenvalue weighted by Gasteiger charge is -2.13. The van der Waals surface area contributed by atoms with Gasteiger partial charge in [0.1, 0.15) is 5.75 Å². The second kappa shape index (κ2) is 8.96. The molecule has 5 rings (SSSR count). The molecule has 0 amide bonds. The van der Waals surface area contributed by atoms with Crippen LogP contribution in [0.5, 0.6) is 5.75 Å². The summed E-state index contributed by atoms with van der Waals surface area (Å²) in [7, 11) is 1.67. The van der Waals surface area contributed by atoms with Gasteiger partial charge in [-0.1, -0.05) is 30.0 Å². The van der Waals surface area contributed by atoms with Crippen molar-refractivity contribution < 1.29 is 4.74 Å². The van der Waals surface area contributed by atoms with Gasteiger partial charge in [0.15, 0.2) is 21.8 Å². The van der Waals surface area contributed by atoms with Crippen LogP contribution in [-0.4, -0.2) is 36.8 Å². The van der Waals surface area contributed by atoms with E-state index in [1.54, 1.807) is 48.7 Å². The fraction of sp³-hybridized carbons (Fsp3) is 0.0952. The van der Waals surface area contributed by atoms with E-state index in [4.69, 9.17) is 4.74 Å². The van der Waals surface area contributed by atoms with E-state index in [9.17, 15) is 0 Å². The Kier molecular flexibility index (Phi) is 5.74. The van der Waals surface area contributed by atoms with Crippen molar-refractivity contribution in [1.29, 1.82) is 0 Å². The van der Waals surface area contributed by atoms with Gasteiger partial charge in [-0.25, -0.2) is 15.0 Å². The van der Waals surface area contributed by atoms with Gasteiger partial charge in [0.2, 0.25) is 0 Å². The summed E-state index contributed by atoms with van der Waals surface area (Å²) in [4.78, 5) is 14.3. The molecule has 0 aliphatic heterocycles. The molecule has 4 heterocycles. The predicted molar refractivity (Wildman–Crippen MR) is 124 cm³/mol. The van der Waals surface area contributed by atoms with Gasteiger partial charge >= 0.3 is 0 Å². The minimum absolute atomic E-state index is 0.640. The van der Waals surface area contributed by atoms with Crippen LogP contribution in [0.1, 0.15) is 5.69 Å². The molecule has 0 atom stereocenters. The van der Waals surface area contributed by atoms with E-state index < -0.39 is 0 Å². The van der Waals surface area contributed by atoms with Crippen molar-refractivity contribution in [3.05, 3.63) is 71.3 Å². The number of benzene rings is 1. The maximum atomic E-state index is 5.60. The quantitative estimate of drug-likeness (QED) is 0.306. The normalized spacial score (nSPS) is 11.0. The summed E-state index contributed by atoms with van der Waals surface area (Å²) in [5, 5.41) is 14.6. The van der Waals surface area contributed by atoms with Gasteiger partial charge in [0.05, 0.1) is 23.4 Å². The number of ether oxygens (including phenoxy) is 1. The highest BCUT2D eigenvalue weighted by Gasteiger charge is 2.20. The van der Waals surface area contributed by atoms with Crippen LogP contribution in [0.15, 0.2) is 70.8 Å². The third-order valence-corrected chi connectivity index (χ3v) is 7.07. The molecule has 4 aromatic heterocycles. The monoisotopic (exact) mass is 464 g/mol. The first kappa shape index (κ1) is 19.9. The molecular weight excluding hydrogens is 448 g/mol. The molecule has 10 heteroatoms. The number of thiazole rings is 1. The Labute approximate surface area is 190 Å². The fourth-order valence-corrected chi connectivity index (χ4v) is 5.39. The lowest BCUT2D eigenvalue weighted by atomic mass is 10.3. The van der Waals surface area contributed by atoms with Crippen LogP contribution in [-0.2, 0) is 5.75 Å². The Balaban J connectivity index is 1.47. The summed E-state index contributed by atoms with van der Waals surface area (Å²) < 4.78 is 7.65. The first-order valence-electron chi connectivity index (χ1n) is 9.31. The molecule has 0 saturated carbocycles. The van der Waals surface area contributed by atoms with Gasteiger partial charge in [0.25, 0.3) is 0 Å². The second-order valence-corrected chi connectivity index (χ2v) is 9.04. The van der Waals surface area contributed by atoms with E-state index in [1.165, 1.54) is 11.3 Å². The van der Waals surface area contributed by atoms with Crippen molar-refractivity contribution in [2.75, 3.05) is 7.11 Å². The average Bonchev–Trinajstić information content (AvgIpc) is 3.59. The number of hydrogen-bond acceptors (Lipinski definition) is 9. The van der Waals surface area contributed by atoms with Gasteiger partial charge in [-0.05, 0) is 29.6 Å². The zero-order valence-corrected chi connectivity index (χ0v) is 18.8. The topological polar surface area (TPSA) is 78.6 Å². The van der Waals surface area contributed by atoms with Crippen molar-refractivity contribution in [2.45, 2.75) is 10.9 Å². The molecule has 1 aromatic carbocycles. The number of thiophene rings is 1. The number of para-hydroxylation sites is 2. The van der Waals surface area contributed by atoms with Gasteiger partial charge in [-0.15, -0.1) is 32.9 Å². The molecule has 0 fully saturated rings. The Morgan fingerprint density at radius 3 is 2.68 bits per heavy atom. The van der Waals surface area contributed by atoms with Gasteiger partial charge in [-0.2, -0.15) is 0 Å². The Morgan fingerprint density at radius 2 is 1.87 bits per heavy atom. The zero-order chi connectivity index (χ0) is 21.0. The van der Waals surface area contributed by atoms with Crippen molar-refractivity contribution in [1.82, 2.24) is 29.7 Å². The summed E-state index contributed by atoms with van der Waals surface area (Å²) in [6.45, 7) is 0. The minimum Gasteiger partial charge on any atom is -0.495 e. The summed E-state index contributed by atoms with van der Waals surface area (Å²) >= 11 is 4.75. The van der Waals surface area contributed by atoms with E-state index in [2.05, 4.69) is 25.1 Å². The van der Waals surface area contributed by atoms with Crippen molar-refractivity contribution in [3.8, 4) is 33.0 Å². The Bertz CT molecular complexity index is 1280. The van der Waals surface area contributed by atoms with Crippen molar-refractivity contribution >= 4 is 34.4 Å². The first-order chi connectivity index (χ1) is 15.3. The van der Waals surface area contributed by atoms with Crippen LogP contribution < -0.4 is 4.74 Å². The number of nitrogens with zero attached hydrogens (tertiary/aromatic N) is 6. The second-order valence-electron chi connectivity index (χ2n) is 6.30. The average molecular weight is 465 g/mol. The molecule has 7 nitrogen and oxygen atoms in total. The maximum Gasteiger partial charge on any atom is 0.196 e. The standard InChI is InChI=1S/C21H16N6OS3/c1-28-16-7-3-2-6-15(16)27-19(17-8-4-11-29-17)25-26-21(27)31-13-14-12-30-20(24-14)18-22-9-5-10-23-18/h2-12H,13H2,1H3. The minimum atomic E-state index is 0.640. The summed E-state index contributed by atoms with van der Waals surface area (Å²) in [5.74, 6) is 2.85. The lowest BCUT2D eigenvalue weighted by molar-refractivity contribution is 0.412. The van der Waals surface area contributed by atoms with Gasteiger partial charge in [-0.3, -0.25) is 4.57 Å². The molecule has 0 saturated heterocycles. The highest BCUT2D eigenvalue weighted by Crippen LogP contribution is 2.35. The first-order valence-corrected chi connectivity index (χ1v) is 12.1. The number of aromatic nitrogens is 6. The van der Waals surface area contributed by atoms with Crippen LogP contribution in [0.3, 0.4) is 0 Å². The molecule has 0 bridgehead atoms. The molecule has 0 aliphatic carbocycles. The van der Waals surface area contributed by atoms with Crippen molar-refractivity contribution in [2.24, 2.45) is 0 Å². The van der Waals surface area contributed by atoms with Crippen LogP contribution >= 0.6 is 34.4 Å². The lowest BCUT2D eigenvalue weighted by Crippen LogP contribution is -2.01. The molecule has 0 spiro atoms. The molecule has 5 aromatic rings. The predicted octanol–water partition coefficient (Wildman–Crippen LogP) is 5.21. The van der Waals surface area contributed by atoms with E-state index in [1.807, 2.05) is 51.7 Å². The fourth-order valence-electron chi connectivity index (χ4n) is 2.98. The van der Waals surface area contributed by atoms with Crippen LogP contribution in [0, 0.1) is 0 Å². The van der Waals surface area contributed by atoms with E-state index in [-0.39, 0.29) is 0 Å². The van der Waals surface area contributed by atoms with Crippen LogP contribution in [0.2, 0.25) is 0 Å². The van der Waals surface area contributed by atoms with Gasteiger partial charge < -0.3 is 4.74 Å². The highest BCUT2D eigenvalue weighted by atomic mass is 32.2. The summed E-state index contributed by atoms with van der Waals surface area (Å²) in [6, 6.07) is 13.7. The molecular formula is C21H16N6OS3. The number of hydrogen-bond donors (Lipinski definition) is 0. The molecule has 31 heavy (non-hydrogen) atoms. The summed E-state index contributed by atoms with van der Waals surface area (Å²) in [5.41, 5.74) is 1.85. The highest BCUT2D eigenvalue weighted by molar-refractivity contribution is 7.98. The largest absolute Gasteiger partial charge is 0.495 e. The maximum absolute atomic E-state index is 5.60. The van der Waals surface area contributed by atoms with E-state index in [0.717, 1.165) is 38.0 Å². The van der Waals surface area contributed by atoms with Crippen molar-refractivity contribution in [3.63, 3.8) is 0 Å². The SMILES string of the molecule is COc1ccccc1-n1c(SCc2csc(-c3ncccn3)n2)nnc1-c1cccs1. The third-order valence-electron chi connectivity index (χ3n) is 4.36. The Hall–Kier alpha value is -3.08. The number of thioether (sulfide) groups is 1. The molecule has 154 valence electrons. The van der Waals surface area contributed by atoms with E-state index >= 15 is 0 Å². The van der Waals surface area contributed by atoms with Crippen LogP contribution in [0.25, 0.3) is 27.2 Å². The molecule has 0 unspecified atom stereocenters. The number of rotatable bonds is 7.